The van der Waals surface area contributed by atoms with E-state index in [0.29, 0.717) is 18.0 Å². The zero-order chi connectivity index (χ0) is 14.8. The van der Waals surface area contributed by atoms with Crippen LogP contribution in [-0.2, 0) is 25.6 Å². The minimum atomic E-state index is -2.90. The summed E-state index contributed by atoms with van der Waals surface area (Å²) in [4.78, 5) is 12.0. The van der Waals surface area contributed by atoms with Crippen molar-refractivity contribution in [3.05, 3.63) is 24.3 Å². The van der Waals surface area contributed by atoms with Gasteiger partial charge in [-0.1, -0.05) is 0 Å². The third-order valence-corrected chi connectivity index (χ3v) is 5.75. The molecule has 20 heavy (non-hydrogen) atoms. The normalized spacial score (nSPS) is 25.2. The standard InChI is InChI=1S/C12H16NO5PS/c1-9-8-17-19(20,18-9)13(12(14)16-3)10-4-6-11(15-2)7-5-10/h4-7,9H,8H2,1-3H3/t9-,19-/m0/s1. The molecule has 1 saturated heterocycles. The summed E-state index contributed by atoms with van der Waals surface area (Å²) in [6, 6.07) is 6.87. The Bertz CT molecular complexity index is 535. The zero-order valence-electron chi connectivity index (χ0n) is 11.4. The molecule has 2 atom stereocenters. The summed E-state index contributed by atoms with van der Waals surface area (Å²) in [6.45, 7) is -0.696. The van der Waals surface area contributed by atoms with E-state index in [1.165, 1.54) is 11.8 Å². The lowest BCUT2D eigenvalue weighted by molar-refractivity contribution is 0.181. The topological polar surface area (TPSA) is 57.2 Å². The van der Waals surface area contributed by atoms with Gasteiger partial charge >= 0.3 is 6.09 Å². The number of amides is 1. The van der Waals surface area contributed by atoms with Crippen LogP contribution in [0.4, 0.5) is 10.5 Å². The average molecular weight is 317 g/mol. The number of rotatable bonds is 3. The number of benzene rings is 1. The van der Waals surface area contributed by atoms with Crippen LogP contribution in [-0.4, -0.2) is 33.0 Å². The smallest absolute Gasteiger partial charge is 0.421 e. The maximum Gasteiger partial charge on any atom is 0.421 e. The molecule has 1 aliphatic heterocycles. The molecule has 6 nitrogen and oxygen atoms in total. The molecule has 8 heteroatoms. The van der Waals surface area contributed by atoms with Gasteiger partial charge in [-0.15, -0.1) is 0 Å². The van der Waals surface area contributed by atoms with Crippen LogP contribution in [0.1, 0.15) is 6.92 Å². The molecule has 0 unspecified atom stereocenters. The molecule has 0 saturated carbocycles. The van der Waals surface area contributed by atoms with Gasteiger partial charge in [-0.05, 0) is 43.0 Å². The molecule has 0 spiro atoms. The van der Waals surface area contributed by atoms with Crippen LogP contribution in [0.15, 0.2) is 24.3 Å². The first kappa shape index (κ1) is 15.3. The quantitative estimate of drug-likeness (QED) is 0.799. The number of ether oxygens (including phenoxy) is 2. The van der Waals surface area contributed by atoms with Crippen molar-refractivity contribution in [2.75, 3.05) is 25.5 Å². The summed E-state index contributed by atoms with van der Waals surface area (Å²) >= 11 is 5.41. The zero-order valence-corrected chi connectivity index (χ0v) is 13.1. The number of nitrogens with zero attached hydrogens (tertiary/aromatic N) is 1. The van der Waals surface area contributed by atoms with E-state index in [1.807, 2.05) is 6.92 Å². The molecule has 1 heterocycles. The van der Waals surface area contributed by atoms with E-state index in [1.54, 1.807) is 31.4 Å². The van der Waals surface area contributed by atoms with Gasteiger partial charge in [0.25, 0.3) is 6.64 Å². The second kappa shape index (κ2) is 6.10. The van der Waals surface area contributed by atoms with Crippen molar-refractivity contribution in [2.45, 2.75) is 13.0 Å². The highest BCUT2D eigenvalue weighted by atomic mass is 32.5. The third kappa shape index (κ3) is 2.96. The van der Waals surface area contributed by atoms with Crippen molar-refractivity contribution >= 4 is 30.2 Å². The number of methoxy groups -OCH3 is 2. The van der Waals surface area contributed by atoms with E-state index in [4.69, 9.17) is 30.3 Å². The van der Waals surface area contributed by atoms with Crippen LogP contribution in [0, 0.1) is 0 Å². The highest BCUT2D eigenvalue weighted by Crippen LogP contribution is 2.59. The Kier molecular flexibility index (Phi) is 4.65. The molecule has 0 bridgehead atoms. The monoisotopic (exact) mass is 317 g/mol. The second-order valence-corrected chi connectivity index (χ2v) is 7.35. The largest absolute Gasteiger partial charge is 0.497 e. The van der Waals surface area contributed by atoms with Crippen molar-refractivity contribution in [2.24, 2.45) is 0 Å². The highest BCUT2D eigenvalue weighted by Gasteiger charge is 2.41. The van der Waals surface area contributed by atoms with E-state index in [-0.39, 0.29) is 6.10 Å². The lowest BCUT2D eigenvalue weighted by Gasteiger charge is -2.28. The Hall–Kier alpha value is -1.14. The molecular formula is C12H16NO5PS. The van der Waals surface area contributed by atoms with Crippen molar-refractivity contribution < 1.29 is 23.3 Å². The van der Waals surface area contributed by atoms with Gasteiger partial charge < -0.3 is 18.5 Å². The predicted molar refractivity (Wildman–Crippen MR) is 78.7 cm³/mol. The fraction of sp³-hybridized carbons (Fsp3) is 0.417. The molecule has 2 rings (SSSR count). The van der Waals surface area contributed by atoms with Gasteiger partial charge in [0.05, 0.1) is 32.6 Å². The van der Waals surface area contributed by atoms with Gasteiger partial charge in [0.2, 0.25) is 0 Å². The Labute approximate surface area is 122 Å². The maximum absolute atomic E-state index is 12.0. The lowest BCUT2D eigenvalue weighted by atomic mass is 10.3. The molecule has 1 aromatic carbocycles. The summed E-state index contributed by atoms with van der Waals surface area (Å²) < 4.78 is 22.3. The number of carbonyl (C=O) groups is 1. The number of hydrogen-bond donors (Lipinski definition) is 0. The molecule has 110 valence electrons. The van der Waals surface area contributed by atoms with Gasteiger partial charge in [-0.3, -0.25) is 0 Å². The number of anilines is 1. The van der Waals surface area contributed by atoms with Crippen molar-refractivity contribution in [3.8, 4) is 5.75 Å². The Balaban J connectivity index is 2.37. The average Bonchev–Trinajstić information content (AvgIpc) is 2.79. The minimum Gasteiger partial charge on any atom is -0.497 e. The summed E-state index contributed by atoms with van der Waals surface area (Å²) in [6.07, 6.45) is -0.751. The first-order chi connectivity index (χ1) is 9.50. The van der Waals surface area contributed by atoms with Crippen LogP contribution in [0.25, 0.3) is 0 Å². The molecule has 0 radical (unpaired) electrons. The van der Waals surface area contributed by atoms with Gasteiger partial charge in [-0.2, -0.15) is 0 Å². The van der Waals surface area contributed by atoms with Gasteiger partial charge in [0.1, 0.15) is 5.75 Å². The Morgan fingerprint density at radius 3 is 2.50 bits per heavy atom. The summed E-state index contributed by atoms with van der Waals surface area (Å²) in [5.74, 6) is 0.678. The van der Waals surface area contributed by atoms with Crippen LogP contribution >= 0.6 is 6.64 Å². The molecule has 1 fully saturated rings. The molecule has 0 aliphatic carbocycles. The minimum absolute atomic E-state index is 0.147. The van der Waals surface area contributed by atoms with Crippen LogP contribution in [0.2, 0.25) is 0 Å². The Morgan fingerprint density at radius 1 is 1.40 bits per heavy atom. The molecule has 0 aromatic heterocycles. The first-order valence-electron chi connectivity index (χ1n) is 5.96. The highest BCUT2D eigenvalue weighted by molar-refractivity contribution is 8.11. The summed E-state index contributed by atoms with van der Waals surface area (Å²) in [5, 5.41) is 0. The molecule has 1 amide bonds. The van der Waals surface area contributed by atoms with Crippen molar-refractivity contribution in [3.63, 3.8) is 0 Å². The third-order valence-electron chi connectivity index (χ3n) is 2.70. The summed E-state index contributed by atoms with van der Waals surface area (Å²) in [5.41, 5.74) is 0.551. The van der Waals surface area contributed by atoms with Crippen LogP contribution in [0.3, 0.4) is 0 Å². The molecule has 0 N–H and O–H groups in total. The van der Waals surface area contributed by atoms with E-state index in [0.717, 1.165) is 0 Å². The maximum atomic E-state index is 12.0. The Morgan fingerprint density at radius 2 is 2.05 bits per heavy atom. The van der Waals surface area contributed by atoms with Gasteiger partial charge in [-0.25, -0.2) is 9.46 Å². The van der Waals surface area contributed by atoms with E-state index in [9.17, 15) is 4.79 Å². The van der Waals surface area contributed by atoms with Crippen molar-refractivity contribution in [1.29, 1.82) is 0 Å². The van der Waals surface area contributed by atoms with E-state index >= 15 is 0 Å². The van der Waals surface area contributed by atoms with Crippen molar-refractivity contribution in [1.82, 2.24) is 0 Å². The molecule has 1 aromatic rings. The summed E-state index contributed by atoms with van der Waals surface area (Å²) in [7, 11) is 2.86. The van der Waals surface area contributed by atoms with E-state index in [2.05, 4.69) is 0 Å². The second-order valence-electron chi connectivity index (χ2n) is 4.16. The van der Waals surface area contributed by atoms with Crippen LogP contribution in [0.5, 0.6) is 5.75 Å². The molecule has 1 aliphatic rings. The fourth-order valence-corrected chi connectivity index (χ4v) is 4.74. The van der Waals surface area contributed by atoms with Crippen LogP contribution < -0.4 is 9.41 Å². The fourth-order valence-electron chi connectivity index (χ4n) is 1.75. The lowest BCUT2D eigenvalue weighted by Crippen LogP contribution is -2.28. The number of hydrogen-bond acceptors (Lipinski definition) is 6. The first-order valence-corrected chi connectivity index (χ1v) is 8.55. The number of carbonyl (C=O) groups excluding carboxylic acids is 1. The van der Waals surface area contributed by atoms with Gasteiger partial charge in [0, 0.05) is 0 Å². The van der Waals surface area contributed by atoms with Gasteiger partial charge in [0.15, 0.2) is 0 Å². The molecular weight excluding hydrogens is 301 g/mol. The van der Waals surface area contributed by atoms with E-state index < -0.39 is 12.7 Å². The SMILES string of the molecule is COC(=O)N(c1ccc(OC)cc1)[P@]1(=S)OC[C@H](C)O1. The predicted octanol–water partition coefficient (Wildman–Crippen LogP) is 2.93.